The van der Waals surface area contributed by atoms with Gasteiger partial charge < -0.3 is 40.3 Å². The highest BCUT2D eigenvalue weighted by Crippen LogP contribution is 2.23. The number of aliphatic hydroxyl groups is 5. The largest absolute Gasteiger partial charge is 0.394 e. The Morgan fingerprint density at radius 2 is 0.724 bits per heavy atom. The van der Waals surface area contributed by atoms with Gasteiger partial charge in [-0.2, -0.15) is 0 Å². The van der Waals surface area contributed by atoms with Crippen LogP contribution in [0.4, 0.5) is 0 Å². The third kappa shape index (κ3) is 53.8. The van der Waals surface area contributed by atoms with Crippen molar-refractivity contribution in [3.05, 3.63) is 134 Å². The van der Waals surface area contributed by atoms with E-state index in [1.54, 1.807) is 6.08 Å². The molecular weight excluding hydrogens is 1080 g/mol. The normalized spacial score (nSPS) is 18.8. The number of allylic oxidation sites excluding steroid dienone is 21. The Labute approximate surface area is 534 Å². The van der Waals surface area contributed by atoms with Crippen LogP contribution in [0.1, 0.15) is 296 Å². The molecule has 1 rings (SSSR count). The number of hydrogen-bond acceptors (Lipinski definition) is 8. The van der Waals surface area contributed by atoms with Crippen LogP contribution in [0.2, 0.25) is 0 Å². The maximum absolute atomic E-state index is 13.1. The fraction of sp³-hybridized carbons (Fsp3) is 0.705. The second-order valence-electron chi connectivity index (χ2n) is 24.3. The Kier molecular flexibility index (Phi) is 61.0. The van der Waals surface area contributed by atoms with Crippen molar-refractivity contribution in [2.45, 2.75) is 339 Å². The molecule has 0 radical (unpaired) electrons. The summed E-state index contributed by atoms with van der Waals surface area (Å²) in [6, 6.07) is -0.840. The molecule has 9 heteroatoms. The number of ether oxygens (including phenoxy) is 2. The molecule has 0 saturated carbocycles. The Morgan fingerprint density at radius 1 is 0.402 bits per heavy atom. The lowest BCUT2D eigenvalue weighted by Gasteiger charge is -2.40. The molecule has 6 N–H and O–H groups in total. The zero-order valence-electron chi connectivity index (χ0n) is 55.7. The van der Waals surface area contributed by atoms with Crippen molar-refractivity contribution in [1.82, 2.24) is 5.32 Å². The molecule has 9 nitrogen and oxygen atoms in total. The molecule has 0 aromatic heterocycles. The van der Waals surface area contributed by atoms with E-state index in [0.29, 0.717) is 6.42 Å². The van der Waals surface area contributed by atoms with Crippen LogP contribution < -0.4 is 5.32 Å². The van der Waals surface area contributed by atoms with Crippen LogP contribution in [0.15, 0.2) is 134 Å². The number of amides is 1. The summed E-state index contributed by atoms with van der Waals surface area (Å²) < 4.78 is 11.3. The maximum atomic E-state index is 13.1. The van der Waals surface area contributed by atoms with E-state index in [9.17, 15) is 30.3 Å². The molecule has 7 unspecified atom stereocenters. The molecule has 7 atom stereocenters. The first-order valence-electron chi connectivity index (χ1n) is 35.9. The van der Waals surface area contributed by atoms with Crippen LogP contribution in [0.25, 0.3) is 0 Å². The molecule has 498 valence electrons. The monoisotopic (exact) mass is 1210 g/mol. The van der Waals surface area contributed by atoms with Gasteiger partial charge in [0.25, 0.3) is 0 Å². The summed E-state index contributed by atoms with van der Waals surface area (Å²) >= 11 is 0. The number of unbranched alkanes of at least 4 members (excludes halogenated alkanes) is 31. The first-order valence-corrected chi connectivity index (χ1v) is 35.9. The van der Waals surface area contributed by atoms with E-state index in [0.717, 1.165) is 103 Å². The summed E-state index contributed by atoms with van der Waals surface area (Å²) in [4.78, 5) is 13.1. The number of rotatable bonds is 61. The lowest BCUT2D eigenvalue weighted by atomic mass is 9.99. The molecule has 87 heavy (non-hydrogen) atoms. The molecule has 1 heterocycles. The lowest BCUT2D eigenvalue weighted by Crippen LogP contribution is -2.60. The second kappa shape index (κ2) is 65.3. The predicted octanol–water partition coefficient (Wildman–Crippen LogP) is 20.0. The highest BCUT2D eigenvalue weighted by atomic mass is 16.7. The van der Waals surface area contributed by atoms with Gasteiger partial charge in [-0.15, -0.1) is 0 Å². The number of aliphatic hydroxyl groups excluding tert-OH is 5. The van der Waals surface area contributed by atoms with E-state index in [1.807, 2.05) is 6.08 Å². The molecule has 1 aliphatic rings. The fourth-order valence-corrected chi connectivity index (χ4v) is 10.6. The van der Waals surface area contributed by atoms with Crippen molar-refractivity contribution < 1.29 is 39.8 Å². The van der Waals surface area contributed by atoms with Gasteiger partial charge in [-0.1, -0.05) is 314 Å². The summed E-state index contributed by atoms with van der Waals surface area (Å²) in [6.45, 7) is 3.66. The highest BCUT2D eigenvalue weighted by Gasteiger charge is 2.44. The van der Waals surface area contributed by atoms with E-state index in [4.69, 9.17) is 9.47 Å². The van der Waals surface area contributed by atoms with E-state index < -0.39 is 49.5 Å². The molecule has 1 saturated heterocycles. The van der Waals surface area contributed by atoms with Crippen LogP contribution in [-0.2, 0) is 14.3 Å². The number of nitrogens with one attached hydrogen (secondary N) is 1. The van der Waals surface area contributed by atoms with Gasteiger partial charge in [-0.3, -0.25) is 4.79 Å². The number of hydrogen-bond donors (Lipinski definition) is 6. The van der Waals surface area contributed by atoms with Gasteiger partial charge in [0, 0.05) is 6.42 Å². The van der Waals surface area contributed by atoms with Gasteiger partial charge in [-0.25, -0.2) is 0 Å². The summed E-state index contributed by atoms with van der Waals surface area (Å²) in [7, 11) is 0. The Bertz CT molecular complexity index is 1840. The Hall–Kier alpha value is -3.67. The first-order chi connectivity index (χ1) is 42.8. The summed E-state index contributed by atoms with van der Waals surface area (Å²) in [6.07, 6.45) is 92.7. The zero-order chi connectivity index (χ0) is 62.8. The van der Waals surface area contributed by atoms with Gasteiger partial charge in [0.05, 0.1) is 25.4 Å². The quantitative estimate of drug-likeness (QED) is 0.0261. The molecule has 1 aliphatic heterocycles. The molecule has 0 aromatic carbocycles. The fourth-order valence-electron chi connectivity index (χ4n) is 10.6. The predicted molar refractivity (Wildman–Crippen MR) is 373 cm³/mol. The number of carbonyl (C=O) groups is 1. The first kappa shape index (κ1) is 81.3. The average Bonchev–Trinajstić information content (AvgIpc) is 3.37. The molecule has 1 fully saturated rings. The van der Waals surface area contributed by atoms with Crippen LogP contribution in [0.5, 0.6) is 0 Å². The summed E-state index contributed by atoms with van der Waals surface area (Å²) in [5.41, 5.74) is 0. The smallest absolute Gasteiger partial charge is 0.220 e. The van der Waals surface area contributed by atoms with Crippen molar-refractivity contribution in [2.24, 2.45) is 0 Å². The van der Waals surface area contributed by atoms with Crippen molar-refractivity contribution in [2.75, 3.05) is 13.2 Å². The number of carbonyl (C=O) groups excluding carboxylic acids is 1. The minimum absolute atomic E-state index is 0.196. The topological polar surface area (TPSA) is 149 Å². The summed E-state index contributed by atoms with van der Waals surface area (Å²) in [5, 5.41) is 54.8. The minimum Gasteiger partial charge on any atom is -0.394 e. The van der Waals surface area contributed by atoms with Gasteiger partial charge in [-0.05, 0) is 109 Å². The summed E-state index contributed by atoms with van der Waals surface area (Å²) in [5.74, 6) is -0.196. The standard InChI is InChI=1S/C78H133NO8/c1-3-5-7-9-11-13-15-17-19-21-23-25-27-29-31-32-33-34-35-36-37-38-39-40-42-44-46-48-50-52-54-56-58-60-62-64-66-68-74(82)79-71(70-86-78-77(85)76(84)75(83)73(69-80)87-78)72(81)67-65-63-61-59-57-55-53-51-49-47-45-43-41-30-28-26-24-22-20-18-16-14-12-10-8-6-4-2/h5,7,11,13,17,19,23,25,29,31,33-34,36-37,39-40,49,51,57,59,65,67,71-73,75-78,80-81,83-85H,3-4,6,8-10,12,14-16,18,20-22,24,26-28,30,32,35,38,41-48,50,52-56,58,60-64,66,68-70H2,1-2H3,(H,79,82)/b7-5-,13-11-,19-17-,25-23-,31-29-,34-33-,37-36-,40-39-,51-49+,59-57+,67-65+. The zero-order valence-corrected chi connectivity index (χ0v) is 55.7. The van der Waals surface area contributed by atoms with Crippen LogP contribution in [-0.4, -0.2) is 87.5 Å². The molecular formula is C78H133NO8. The SMILES string of the molecule is CC/C=C\C/C=C\C/C=C\C/C=C\C/C=C\C/C=C\C/C=C\C/C=C\CCCCCCCCCCCCCCC(=O)NC(COC1OC(CO)C(O)C(O)C1O)C(O)/C=C/CC/C=C/CC/C=C/CCCCCCCCCCCCCCCCCCC. The van der Waals surface area contributed by atoms with Gasteiger partial charge >= 0.3 is 0 Å². The third-order valence-corrected chi connectivity index (χ3v) is 16.2. The van der Waals surface area contributed by atoms with Gasteiger partial charge in [0.1, 0.15) is 24.4 Å². The third-order valence-electron chi connectivity index (χ3n) is 16.2. The van der Waals surface area contributed by atoms with Crippen molar-refractivity contribution >= 4 is 5.91 Å². The molecule has 1 amide bonds. The average molecular weight is 1210 g/mol. The molecule has 0 spiro atoms. The van der Waals surface area contributed by atoms with Crippen LogP contribution in [0.3, 0.4) is 0 Å². The van der Waals surface area contributed by atoms with Crippen molar-refractivity contribution in [1.29, 1.82) is 0 Å². The van der Waals surface area contributed by atoms with Gasteiger partial charge in [0.15, 0.2) is 6.29 Å². The maximum Gasteiger partial charge on any atom is 0.220 e. The van der Waals surface area contributed by atoms with E-state index in [1.165, 1.54) is 173 Å². The Balaban J connectivity index is 2.17. The second-order valence-corrected chi connectivity index (χ2v) is 24.3. The van der Waals surface area contributed by atoms with Crippen molar-refractivity contribution in [3.8, 4) is 0 Å². The molecule has 0 aromatic rings. The lowest BCUT2D eigenvalue weighted by molar-refractivity contribution is -0.302. The highest BCUT2D eigenvalue weighted by molar-refractivity contribution is 5.76. The van der Waals surface area contributed by atoms with E-state index in [2.05, 4.69) is 141 Å². The Morgan fingerprint density at radius 3 is 1.10 bits per heavy atom. The van der Waals surface area contributed by atoms with Gasteiger partial charge in [0.2, 0.25) is 5.91 Å². The minimum atomic E-state index is -1.58. The van der Waals surface area contributed by atoms with Crippen molar-refractivity contribution in [3.63, 3.8) is 0 Å². The van der Waals surface area contributed by atoms with Crippen LogP contribution >= 0.6 is 0 Å². The molecule has 0 bridgehead atoms. The molecule has 0 aliphatic carbocycles. The van der Waals surface area contributed by atoms with Crippen LogP contribution in [0, 0.1) is 0 Å². The van der Waals surface area contributed by atoms with E-state index >= 15 is 0 Å². The van der Waals surface area contributed by atoms with E-state index in [-0.39, 0.29) is 12.5 Å².